The molecule has 0 saturated heterocycles. The number of aliphatic hydroxyl groups is 1. The fourth-order valence-corrected chi connectivity index (χ4v) is 16.9. The van der Waals surface area contributed by atoms with Crippen LogP contribution < -0.4 is 28.4 Å². The van der Waals surface area contributed by atoms with E-state index in [9.17, 15) is 24.3 Å². The molecule has 2 unspecified atom stereocenters. The molecule has 6 aliphatic heterocycles. The number of aliphatic hydroxyl groups excluding tert-OH is 1. The first-order chi connectivity index (χ1) is 56.6. The van der Waals surface area contributed by atoms with Gasteiger partial charge in [-0.3, -0.25) is 9.59 Å². The zero-order valence-electron chi connectivity index (χ0n) is 65.8. The standard InChI is InChI=1S/C26H29NO4S.C22H21NO4S.C18H15NOS.C11H11ClO2.C9H8O2.C9H10O/c1-5-29-25(28)22(31-26(2,3)4)23-21(27-24(32-23)17-10-7-6-8-11-17)19-13-14-20-18(16-19)12-9-15-30-20;1-2-26-22(25)19(24)20-18(23-21(28-20)14-7-4-3-5-8-14)16-10-11-17-15(13-16)9-6-12-27-17;1-2-5-13(6-3-1)18-19-16(12-21-18)14-8-9-17-15(11-14)7-4-10-20-17;12-7-10(13)8-3-4-11-9(6-8)2-1-5-14-11;10-8-5-6-11-9-4-2-1-3-7(8)9;1-2-6-9-8(4-1)5-3-7-10-9/h6-8,10-11,13-14,16,22H,5,9,12,15H2,1-4H3;3-5,7-8,10-11,13,19,24H,2,6,9,12H2,1H3;1-3,5-6,8-9,11-12H,4,7,10H2;3-4,6H,1-2,5,7H2;1-4H,5-6H2;1-2,4,6H,3,5,7H2. The van der Waals surface area contributed by atoms with Crippen molar-refractivity contribution < 1.29 is 66.9 Å². The first-order valence-electron chi connectivity index (χ1n) is 39.5. The Morgan fingerprint density at radius 1 is 0.440 bits per heavy atom. The molecular weight excluding hydrogens is 1540 g/mol. The van der Waals surface area contributed by atoms with Gasteiger partial charge in [0.05, 0.1) is 96.7 Å². The SMILES string of the molecule is CCOC(=O)C(O)c1sc(-c2ccccc2)nc1-c1ccc2c(c1)CCCO2.CCOC(=O)C(OC(C)(C)C)c1sc(-c2ccccc2)nc1-c1ccc2c(c1)CCCO2.O=C(CCl)c1ccc2c(c1)CCCO2.O=C1CCOc2ccccc21.c1ccc(-c2nc(-c3ccc4c(c3)CCCO4)cs2)cc1.c1ccc2c(c1)CCCO2. The molecule has 21 heteroatoms. The molecule has 12 aromatic rings. The third kappa shape index (κ3) is 21.8. The van der Waals surface area contributed by atoms with Crippen LogP contribution in [-0.4, -0.2) is 108 Å². The van der Waals surface area contributed by atoms with E-state index in [2.05, 4.69) is 53.9 Å². The topological polar surface area (TPSA) is 210 Å². The molecule has 598 valence electrons. The molecule has 0 aliphatic carbocycles. The summed E-state index contributed by atoms with van der Waals surface area (Å²) in [5.74, 6) is 4.70. The van der Waals surface area contributed by atoms with Gasteiger partial charge in [0.15, 0.2) is 23.8 Å². The van der Waals surface area contributed by atoms with E-state index >= 15 is 0 Å². The van der Waals surface area contributed by atoms with Crippen molar-refractivity contribution in [2.75, 3.05) is 58.7 Å². The summed E-state index contributed by atoms with van der Waals surface area (Å²) in [7, 11) is 0. The smallest absolute Gasteiger partial charge is 0.340 e. The predicted molar refractivity (Wildman–Crippen MR) is 459 cm³/mol. The van der Waals surface area contributed by atoms with E-state index < -0.39 is 29.7 Å². The largest absolute Gasteiger partial charge is 0.493 e. The molecule has 116 heavy (non-hydrogen) atoms. The number of esters is 2. The van der Waals surface area contributed by atoms with Gasteiger partial charge in [-0.15, -0.1) is 45.6 Å². The number of hydrogen-bond acceptors (Lipinski definition) is 20. The number of hydrogen-bond donors (Lipinski definition) is 1. The van der Waals surface area contributed by atoms with Crippen molar-refractivity contribution in [3.8, 4) is 100.0 Å². The fraction of sp³-hybridized carbons (Fsp3) is 0.295. The number of thiazole rings is 3. The summed E-state index contributed by atoms with van der Waals surface area (Å²) in [6.45, 7) is 14.3. The zero-order chi connectivity index (χ0) is 80.8. The summed E-state index contributed by atoms with van der Waals surface area (Å²) in [6.07, 6.45) is 8.71. The minimum Gasteiger partial charge on any atom is -0.493 e. The van der Waals surface area contributed by atoms with Crippen LogP contribution in [-0.2, 0) is 55.9 Å². The molecule has 17 nitrogen and oxygen atoms in total. The lowest BCUT2D eigenvalue weighted by Crippen LogP contribution is -2.28. The average molecular weight is 1630 g/mol. The van der Waals surface area contributed by atoms with Gasteiger partial charge < -0.3 is 47.7 Å². The van der Waals surface area contributed by atoms with Crippen molar-refractivity contribution in [1.29, 1.82) is 0 Å². The number of nitrogens with zero attached hydrogens (tertiary/aromatic N) is 3. The Labute approximate surface area is 694 Å². The van der Waals surface area contributed by atoms with Gasteiger partial charge in [-0.1, -0.05) is 121 Å². The molecule has 18 rings (SSSR count). The van der Waals surface area contributed by atoms with Crippen molar-refractivity contribution in [2.45, 2.75) is 123 Å². The van der Waals surface area contributed by atoms with Gasteiger partial charge in [-0.25, -0.2) is 24.5 Å². The van der Waals surface area contributed by atoms with Crippen LogP contribution in [0.4, 0.5) is 0 Å². The molecule has 0 spiro atoms. The second-order valence-corrected chi connectivity index (χ2v) is 32.0. The molecule has 0 saturated carbocycles. The quantitative estimate of drug-likeness (QED) is 0.0574. The highest BCUT2D eigenvalue weighted by Gasteiger charge is 2.35. The van der Waals surface area contributed by atoms with E-state index in [4.69, 9.17) is 69.2 Å². The van der Waals surface area contributed by atoms with Gasteiger partial charge in [0.2, 0.25) is 0 Å². The van der Waals surface area contributed by atoms with E-state index in [-0.39, 0.29) is 24.1 Å². The highest BCUT2D eigenvalue weighted by Crippen LogP contribution is 2.44. The maximum Gasteiger partial charge on any atom is 0.340 e. The van der Waals surface area contributed by atoms with E-state index in [1.165, 1.54) is 56.9 Å². The maximum atomic E-state index is 13.0. The Kier molecular flexibility index (Phi) is 29.1. The second kappa shape index (κ2) is 40.6. The molecule has 3 aromatic heterocycles. The highest BCUT2D eigenvalue weighted by molar-refractivity contribution is 7.16. The zero-order valence-corrected chi connectivity index (χ0v) is 69.0. The van der Waals surface area contributed by atoms with Crippen molar-refractivity contribution in [3.05, 3.63) is 266 Å². The lowest BCUT2D eigenvalue weighted by molar-refractivity contribution is -0.166. The number of carbonyl (C=O) groups excluding carboxylic acids is 4. The maximum absolute atomic E-state index is 13.0. The fourth-order valence-electron chi connectivity index (χ4n) is 13.7. The van der Waals surface area contributed by atoms with Gasteiger partial charge in [-0.2, -0.15) is 0 Å². The van der Waals surface area contributed by atoms with Gasteiger partial charge >= 0.3 is 11.9 Å². The van der Waals surface area contributed by atoms with E-state index in [1.807, 2.05) is 172 Å². The minimum absolute atomic E-state index is 0.0277. The lowest BCUT2D eigenvalue weighted by Gasteiger charge is -2.26. The molecular formula is C95H94ClN3O14S3. The Bertz CT molecular complexity index is 5290. The number of aromatic nitrogens is 3. The van der Waals surface area contributed by atoms with Crippen LogP contribution in [0.2, 0.25) is 0 Å². The van der Waals surface area contributed by atoms with E-state index in [1.54, 1.807) is 37.3 Å². The number of Topliss-reactive ketones (excluding diaryl/α,β-unsaturated/α-hetero) is 2. The Morgan fingerprint density at radius 2 is 0.853 bits per heavy atom. The Morgan fingerprint density at radius 3 is 1.35 bits per heavy atom. The predicted octanol–water partition coefficient (Wildman–Crippen LogP) is 21.5. The van der Waals surface area contributed by atoms with Crippen molar-refractivity contribution in [1.82, 2.24) is 15.0 Å². The summed E-state index contributed by atoms with van der Waals surface area (Å²) < 4.78 is 49.9. The number of alkyl halides is 1. The number of ether oxygens (including phenoxy) is 9. The van der Waals surface area contributed by atoms with Gasteiger partial charge in [0.1, 0.15) is 49.5 Å². The summed E-state index contributed by atoms with van der Waals surface area (Å²) in [5, 5.41) is 15.4. The van der Waals surface area contributed by atoms with Gasteiger partial charge in [0.25, 0.3) is 0 Å². The summed E-state index contributed by atoms with van der Waals surface area (Å²) in [6, 6.07) is 69.6. The number of ketones is 2. The van der Waals surface area contributed by atoms with Crippen molar-refractivity contribution >= 4 is 69.1 Å². The molecule has 9 heterocycles. The van der Waals surface area contributed by atoms with Crippen molar-refractivity contribution in [2.24, 2.45) is 0 Å². The van der Waals surface area contributed by atoms with E-state index in [0.717, 1.165) is 196 Å². The Balaban J connectivity index is 0.000000127. The molecule has 0 bridgehead atoms. The van der Waals surface area contributed by atoms with Crippen LogP contribution in [0.1, 0.15) is 144 Å². The Hall–Kier alpha value is -10.8. The molecule has 0 amide bonds. The van der Waals surface area contributed by atoms with E-state index in [0.29, 0.717) is 35.8 Å². The van der Waals surface area contributed by atoms with Crippen LogP contribution in [0.15, 0.2) is 218 Å². The monoisotopic (exact) mass is 1630 g/mol. The third-order valence-corrected chi connectivity index (χ3v) is 22.8. The summed E-state index contributed by atoms with van der Waals surface area (Å²) in [4.78, 5) is 63.5. The molecule has 0 fully saturated rings. The third-order valence-electron chi connectivity index (χ3n) is 19.4. The number of halogens is 1. The number of aryl methyl sites for hydroxylation is 5. The first-order valence-corrected chi connectivity index (χ1v) is 42.5. The van der Waals surface area contributed by atoms with Gasteiger partial charge in [-0.05, 0) is 218 Å². The van der Waals surface area contributed by atoms with Crippen LogP contribution in [0.3, 0.4) is 0 Å². The van der Waals surface area contributed by atoms with Crippen LogP contribution in [0, 0.1) is 0 Å². The number of fused-ring (bicyclic) bond motifs is 6. The number of benzene rings is 9. The summed E-state index contributed by atoms with van der Waals surface area (Å²) >= 11 is 9.97. The number of rotatable bonds is 15. The van der Waals surface area contributed by atoms with Crippen molar-refractivity contribution in [3.63, 3.8) is 0 Å². The lowest BCUT2D eigenvalue weighted by atomic mass is 10.0. The molecule has 9 aromatic carbocycles. The number of para-hydroxylation sites is 2. The number of carbonyl (C=O) groups is 4. The van der Waals surface area contributed by atoms with Crippen LogP contribution in [0.25, 0.3) is 65.5 Å². The first kappa shape index (κ1) is 83.1. The minimum atomic E-state index is -1.36. The molecule has 2 atom stereocenters. The van der Waals surface area contributed by atoms with Gasteiger partial charge in [0, 0.05) is 50.7 Å². The average Bonchev–Trinajstić information content (AvgIpc) is 1.62. The van der Waals surface area contributed by atoms with Crippen LogP contribution >= 0.6 is 45.6 Å². The normalized spacial score (nSPS) is 14.4. The summed E-state index contributed by atoms with van der Waals surface area (Å²) in [5.41, 5.74) is 15.5. The van der Waals surface area contributed by atoms with Crippen LogP contribution in [0.5, 0.6) is 34.5 Å². The second-order valence-electron chi connectivity index (χ2n) is 28.8. The molecule has 1 N–H and O–H groups in total. The molecule has 6 aliphatic rings. The highest BCUT2D eigenvalue weighted by atomic mass is 35.5. The molecule has 0 radical (unpaired) electrons.